The molecule has 0 saturated heterocycles. The lowest BCUT2D eigenvalue weighted by molar-refractivity contribution is 1.18. The van der Waals surface area contributed by atoms with E-state index in [9.17, 15) is 0 Å². The second kappa shape index (κ2) is 18.5. The molecule has 0 amide bonds. The normalized spacial score (nSPS) is 11.6. The smallest absolute Gasteiger partial charge is 0.0640 e. The van der Waals surface area contributed by atoms with Crippen LogP contribution in [-0.2, 0) is 0 Å². The molecule has 0 aliphatic carbocycles. The number of hydrogen-bond acceptors (Lipinski definition) is 3. The predicted molar refractivity (Wildman–Crippen MR) is 328 cm³/mol. The molecular formula is C72H48N4S. The molecule has 15 aromatic rings. The predicted octanol–water partition coefficient (Wildman–Crippen LogP) is 20.5. The fourth-order valence-electron chi connectivity index (χ4n) is 11.8. The van der Waals surface area contributed by atoms with Crippen molar-refractivity contribution >= 4 is 110 Å². The number of fused-ring (bicyclic) bond motifs is 8. The minimum Gasteiger partial charge on any atom is -0.310 e. The summed E-state index contributed by atoms with van der Waals surface area (Å²) < 4.78 is 5.98. The summed E-state index contributed by atoms with van der Waals surface area (Å²) >= 11 is 1.87. The maximum Gasteiger partial charge on any atom is 0.0640 e. The van der Waals surface area contributed by atoms with E-state index < -0.39 is 0 Å². The lowest BCUT2D eigenvalue weighted by Gasteiger charge is -2.27. The largest absolute Gasteiger partial charge is 0.310 e. The Morgan fingerprint density at radius 2 is 0.727 bits per heavy atom. The fourth-order valence-corrected chi connectivity index (χ4v) is 12.9. The van der Waals surface area contributed by atoms with Crippen molar-refractivity contribution in [3.63, 3.8) is 0 Å². The molecule has 3 heterocycles. The van der Waals surface area contributed by atoms with Crippen LogP contribution < -0.4 is 9.80 Å². The highest BCUT2D eigenvalue weighted by Gasteiger charge is 2.23. The van der Waals surface area contributed by atoms with E-state index in [-0.39, 0.29) is 0 Å². The summed E-state index contributed by atoms with van der Waals surface area (Å²) in [5.41, 5.74) is 17.2. The van der Waals surface area contributed by atoms with Crippen molar-refractivity contribution in [3.8, 4) is 32.9 Å². The highest BCUT2D eigenvalue weighted by Crippen LogP contribution is 2.49. The zero-order chi connectivity index (χ0) is 50.8. The van der Waals surface area contributed by atoms with Crippen LogP contribution in [0.1, 0.15) is 0 Å². The zero-order valence-electron chi connectivity index (χ0n) is 41.9. The Morgan fingerprint density at radius 1 is 0.273 bits per heavy atom. The summed E-state index contributed by atoms with van der Waals surface area (Å²) in [6.45, 7) is 0. The third-order valence-electron chi connectivity index (χ3n) is 15.3. The first-order valence-electron chi connectivity index (χ1n) is 26.2. The molecule has 77 heavy (non-hydrogen) atoms. The van der Waals surface area contributed by atoms with Crippen LogP contribution in [0.2, 0.25) is 0 Å². The number of hydrogen-bond donors (Lipinski definition) is 0. The Kier molecular flexibility index (Phi) is 10.7. The number of thiophene rings is 1. The van der Waals surface area contributed by atoms with Gasteiger partial charge in [0, 0.05) is 71.6 Å². The van der Waals surface area contributed by atoms with Crippen LogP contribution >= 0.6 is 11.3 Å². The van der Waals surface area contributed by atoms with Gasteiger partial charge in [-0.1, -0.05) is 164 Å². The summed E-state index contributed by atoms with van der Waals surface area (Å²) in [6, 6.07) is 106. The number of benzene rings is 12. The van der Waals surface area contributed by atoms with E-state index in [1.165, 1.54) is 80.5 Å². The molecule has 0 unspecified atom stereocenters. The average molecular weight is 1000 g/mol. The topological polar surface area (TPSA) is 16.3 Å². The van der Waals surface area contributed by atoms with E-state index in [2.05, 4.69) is 310 Å². The van der Waals surface area contributed by atoms with E-state index in [1.54, 1.807) is 0 Å². The maximum atomic E-state index is 2.45. The van der Waals surface area contributed by atoms with Crippen LogP contribution in [0.3, 0.4) is 0 Å². The molecule has 3 aromatic heterocycles. The summed E-state index contributed by atoms with van der Waals surface area (Å²) in [6.07, 6.45) is 0. The van der Waals surface area contributed by atoms with E-state index >= 15 is 0 Å². The average Bonchev–Trinajstić information content (AvgIpc) is 4.31. The van der Waals surface area contributed by atoms with Crippen molar-refractivity contribution in [2.75, 3.05) is 9.80 Å². The monoisotopic (exact) mass is 1000 g/mol. The Morgan fingerprint density at radius 3 is 1.32 bits per heavy atom. The van der Waals surface area contributed by atoms with Crippen molar-refractivity contribution in [1.82, 2.24) is 9.13 Å². The van der Waals surface area contributed by atoms with Gasteiger partial charge >= 0.3 is 0 Å². The highest BCUT2D eigenvalue weighted by atomic mass is 32.1. The SMILES string of the molecule is c1ccc(N(c2ccc(-c3ccc(N(c4ccccc4)c4ccc5c(c4)c4ccccc4n5-c4ccccc4)c4sc(-c5ccc6ccccc6c5)cc34)cc2)c2ccc3c(c2)c2ccccc2n3-c2ccccc2)cc1. The van der Waals surface area contributed by atoms with E-state index in [0.29, 0.717) is 0 Å². The quantitative estimate of drug-likeness (QED) is 0.136. The van der Waals surface area contributed by atoms with E-state index in [0.717, 1.165) is 51.1 Å². The van der Waals surface area contributed by atoms with Gasteiger partial charge in [-0.2, -0.15) is 0 Å². The summed E-state index contributed by atoms with van der Waals surface area (Å²) in [5, 5.41) is 8.56. The van der Waals surface area contributed by atoms with Crippen LogP contribution in [-0.4, -0.2) is 9.13 Å². The first kappa shape index (κ1) is 44.5. The zero-order valence-corrected chi connectivity index (χ0v) is 42.7. The van der Waals surface area contributed by atoms with Crippen LogP contribution in [0.4, 0.5) is 34.1 Å². The number of nitrogens with zero attached hydrogens (tertiary/aromatic N) is 4. The van der Waals surface area contributed by atoms with Crippen molar-refractivity contribution in [2.45, 2.75) is 0 Å². The third kappa shape index (κ3) is 7.58. The van der Waals surface area contributed by atoms with Gasteiger partial charge in [-0.15, -0.1) is 11.3 Å². The first-order chi connectivity index (χ1) is 38.2. The molecule has 0 N–H and O–H groups in total. The lowest BCUT2D eigenvalue weighted by atomic mass is 9.99. The Hall–Kier alpha value is -9.94. The number of aromatic nitrogens is 2. The van der Waals surface area contributed by atoms with Crippen LogP contribution in [0, 0.1) is 0 Å². The van der Waals surface area contributed by atoms with Gasteiger partial charge in [-0.3, -0.25) is 0 Å². The van der Waals surface area contributed by atoms with Gasteiger partial charge in [0.2, 0.25) is 0 Å². The summed E-state index contributed by atoms with van der Waals surface area (Å²) in [5.74, 6) is 0. The fraction of sp³-hybridized carbons (Fsp3) is 0. The van der Waals surface area contributed by atoms with Crippen molar-refractivity contribution in [2.24, 2.45) is 0 Å². The number of anilines is 6. The van der Waals surface area contributed by atoms with Gasteiger partial charge < -0.3 is 18.9 Å². The van der Waals surface area contributed by atoms with Crippen molar-refractivity contribution in [3.05, 3.63) is 291 Å². The molecule has 362 valence electrons. The maximum absolute atomic E-state index is 2.45. The molecule has 0 bridgehead atoms. The molecule has 0 aliphatic heterocycles. The summed E-state index contributed by atoms with van der Waals surface area (Å²) in [7, 11) is 0. The number of rotatable bonds is 10. The first-order valence-corrected chi connectivity index (χ1v) is 27.1. The Balaban J connectivity index is 0.890. The molecule has 5 heteroatoms. The minimum atomic E-state index is 1.08. The lowest BCUT2D eigenvalue weighted by Crippen LogP contribution is -2.10. The molecule has 12 aromatic carbocycles. The molecule has 0 fully saturated rings. The molecule has 0 spiro atoms. The van der Waals surface area contributed by atoms with Crippen LogP contribution in [0.25, 0.3) is 97.4 Å². The van der Waals surface area contributed by atoms with Gasteiger partial charge in [0.05, 0.1) is 32.5 Å². The molecular weight excluding hydrogens is 953 g/mol. The standard InChI is InChI=1S/C72H48N4S/c1-5-21-53(22-6-1)73(58-39-42-68-63(46-58)61-29-15-17-31-66(61)75(68)55-25-9-3-10-26-55)57-37-35-50(36-38-57)60-41-44-70(72-65(60)48-71(77-72)52-34-33-49-19-13-14-20-51(49)45-52)74(54-23-7-2-8-24-54)59-40-43-69-64(47-59)62-30-16-18-32-67(62)76(69)56-27-11-4-12-28-56/h1-48H. The van der Waals surface area contributed by atoms with Crippen LogP contribution in [0.5, 0.6) is 0 Å². The second-order valence-corrected chi connectivity index (χ2v) is 20.8. The Bertz CT molecular complexity index is 4670. The molecule has 0 aliphatic rings. The molecule has 0 atom stereocenters. The number of para-hydroxylation sites is 6. The Labute approximate surface area is 450 Å². The van der Waals surface area contributed by atoms with Crippen molar-refractivity contribution < 1.29 is 0 Å². The highest BCUT2D eigenvalue weighted by molar-refractivity contribution is 7.23. The van der Waals surface area contributed by atoms with Gasteiger partial charge in [0.25, 0.3) is 0 Å². The van der Waals surface area contributed by atoms with E-state index in [1.807, 2.05) is 11.3 Å². The van der Waals surface area contributed by atoms with Gasteiger partial charge in [-0.25, -0.2) is 0 Å². The summed E-state index contributed by atoms with van der Waals surface area (Å²) in [4.78, 5) is 6.06. The van der Waals surface area contributed by atoms with Gasteiger partial charge in [-0.05, 0) is 155 Å². The van der Waals surface area contributed by atoms with Crippen LogP contribution in [0.15, 0.2) is 291 Å². The molecule has 4 nitrogen and oxygen atoms in total. The molecule has 0 saturated carbocycles. The van der Waals surface area contributed by atoms with Crippen molar-refractivity contribution in [1.29, 1.82) is 0 Å². The van der Waals surface area contributed by atoms with Gasteiger partial charge in [0.15, 0.2) is 0 Å². The van der Waals surface area contributed by atoms with E-state index in [4.69, 9.17) is 0 Å². The third-order valence-corrected chi connectivity index (χ3v) is 16.5. The minimum absolute atomic E-state index is 1.08. The molecule has 15 rings (SSSR count). The second-order valence-electron chi connectivity index (χ2n) is 19.7. The van der Waals surface area contributed by atoms with Gasteiger partial charge in [0.1, 0.15) is 0 Å². The molecule has 0 radical (unpaired) electrons.